The molecule has 0 saturated carbocycles. The number of likely N-dealkylation sites (N-methyl/N-ethyl adjacent to an activating group) is 1. The van der Waals surface area contributed by atoms with Crippen LogP contribution in [0.5, 0.6) is 0 Å². The molecule has 1 atom stereocenters. The Morgan fingerprint density at radius 2 is 2.05 bits per heavy atom. The van der Waals surface area contributed by atoms with E-state index in [0.717, 1.165) is 10.2 Å². The molecule has 0 aliphatic carbocycles. The monoisotopic (exact) mass is 325 g/mol. The minimum atomic E-state index is -0.313. The van der Waals surface area contributed by atoms with Crippen molar-refractivity contribution >= 4 is 27.5 Å². The van der Waals surface area contributed by atoms with Gasteiger partial charge in [-0.2, -0.15) is 0 Å². The van der Waals surface area contributed by atoms with E-state index in [1.807, 2.05) is 31.3 Å². The van der Waals surface area contributed by atoms with Crippen LogP contribution in [0.3, 0.4) is 0 Å². The van der Waals surface area contributed by atoms with Gasteiger partial charge in [0, 0.05) is 24.6 Å². The average molecular weight is 326 g/mol. The highest BCUT2D eigenvalue weighted by molar-refractivity contribution is 9.10. The fourth-order valence-electron chi connectivity index (χ4n) is 2.87. The lowest BCUT2D eigenvalue weighted by Crippen LogP contribution is -2.68. The van der Waals surface area contributed by atoms with Crippen LogP contribution < -0.4 is 10.6 Å². The summed E-state index contributed by atoms with van der Waals surface area (Å²) in [4.78, 5) is 16.2. The number of benzene rings is 1. The fourth-order valence-corrected chi connectivity index (χ4v) is 3.34. The lowest BCUT2D eigenvalue weighted by Gasteiger charge is -2.51. The Kier molecular flexibility index (Phi) is 3.87. The third kappa shape index (κ3) is 2.49. The highest BCUT2D eigenvalue weighted by Gasteiger charge is 2.43. The van der Waals surface area contributed by atoms with Crippen molar-refractivity contribution in [3.63, 3.8) is 0 Å². The Balaban J connectivity index is 2.50. The third-order valence-corrected chi connectivity index (χ3v) is 4.26. The Morgan fingerprint density at radius 1 is 1.42 bits per heavy atom. The maximum atomic E-state index is 12.3. The molecule has 2 N–H and O–H groups in total. The van der Waals surface area contributed by atoms with Crippen LogP contribution >= 0.6 is 15.9 Å². The normalized spacial score (nSPS) is 22.8. The second-order valence-electron chi connectivity index (χ2n) is 5.58. The summed E-state index contributed by atoms with van der Waals surface area (Å²) in [7, 11) is 1.84. The molecule has 4 nitrogen and oxygen atoms in total. The first-order chi connectivity index (χ1) is 8.88. The molecule has 0 aromatic heterocycles. The number of hydrogen-bond donors (Lipinski definition) is 1. The van der Waals surface area contributed by atoms with Gasteiger partial charge in [0.15, 0.2) is 0 Å². The third-order valence-electron chi connectivity index (χ3n) is 3.58. The van der Waals surface area contributed by atoms with Crippen molar-refractivity contribution in [1.29, 1.82) is 0 Å². The minimum Gasteiger partial charge on any atom is -0.351 e. The molecule has 5 heteroatoms. The quantitative estimate of drug-likeness (QED) is 0.902. The molecule has 19 heavy (non-hydrogen) atoms. The molecule has 1 aromatic rings. The molecule has 1 heterocycles. The molecule has 1 saturated heterocycles. The highest BCUT2D eigenvalue weighted by atomic mass is 79.9. The Hall–Kier alpha value is -1.07. The van der Waals surface area contributed by atoms with Gasteiger partial charge in [-0.1, -0.05) is 12.1 Å². The number of rotatable bonds is 2. The molecule has 1 aliphatic heterocycles. The van der Waals surface area contributed by atoms with Crippen LogP contribution in [0.4, 0.5) is 5.69 Å². The number of carbonyl (C=O) groups is 1. The number of amides is 1. The first kappa shape index (κ1) is 14.3. The van der Waals surface area contributed by atoms with Crippen molar-refractivity contribution in [1.82, 2.24) is 4.90 Å². The maximum Gasteiger partial charge on any atom is 0.246 e. The van der Waals surface area contributed by atoms with Crippen LogP contribution in [0.1, 0.15) is 13.8 Å². The number of carbonyl (C=O) groups excluding carboxylic acids is 1. The maximum absolute atomic E-state index is 12.3. The number of nitrogens with zero attached hydrogens (tertiary/aromatic N) is 2. The van der Waals surface area contributed by atoms with Crippen LogP contribution in [0.25, 0.3) is 0 Å². The van der Waals surface area contributed by atoms with E-state index in [-0.39, 0.29) is 17.5 Å². The van der Waals surface area contributed by atoms with Gasteiger partial charge in [0.05, 0.1) is 11.2 Å². The minimum absolute atomic E-state index is 0.0811. The predicted octanol–water partition coefficient (Wildman–Crippen LogP) is 1.83. The number of para-hydroxylation sites is 1. The van der Waals surface area contributed by atoms with Gasteiger partial charge in [-0.3, -0.25) is 4.79 Å². The summed E-state index contributed by atoms with van der Waals surface area (Å²) in [6, 6.07) is 7.64. The van der Waals surface area contributed by atoms with Crippen molar-refractivity contribution in [2.45, 2.75) is 25.4 Å². The van der Waals surface area contributed by atoms with Gasteiger partial charge in [0.1, 0.15) is 6.04 Å². The van der Waals surface area contributed by atoms with E-state index in [1.54, 1.807) is 4.90 Å². The van der Waals surface area contributed by atoms with E-state index in [9.17, 15) is 4.79 Å². The van der Waals surface area contributed by atoms with Crippen LogP contribution in [0, 0.1) is 0 Å². The van der Waals surface area contributed by atoms with Crippen LogP contribution in [-0.2, 0) is 4.79 Å². The van der Waals surface area contributed by atoms with Gasteiger partial charge in [-0.15, -0.1) is 0 Å². The van der Waals surface area contributed by atoms with Crippen molar-refractivity contribution in [3.05, 3.63) is 28.7 Å². The van der Waals surface area contributed by atoms with Crippen LogP contribution in [0.15, 0.2) is 28.7 Å². The van der Waals surface area contributed by atoms with Gasteiger partial charge < -0.3 is 15.5 Å². The SMILES string of the molecule is CN1CC(C)(C)N(c2ccccc2Br)C(CN)C1=O. The molecule has 2 rings (SSSR count). The molecule has 1 aromatic carbocycles. The molecule has 0 spiro atoms. The smallest absolute Gasteiger partial charge is 0.246 e. The zero-order valence-corrected chi connectivity index (χ0v) is 13.1. The Morgan fingerprint density at radius 3 is 2.63 bits per heavy atom. The van der Waals surface area contributed by atoms with E-state index in [4.69, 9.17) is 5.73 Å². The summed E-state index contributed by atoms with van der Waals surface area (Å²) < 4.78 is 0.985. The molecular formula is C14H20BrN3O. The van der Waals surface area contributed by atoms with E-state index >= 15 is 0 Å². The van der Waals surface area contributed by atoms with Crippen molar-refractivity contribution in [2.24, 2.45) is 5.73 Å². The fraction of sp³-hybridized carbons (Fsp3) is 0.500. The number of anilines is 1. The highest BCUT2D eigenvalue weighted by Crippen LogP contribution is 2.35. The molecule has 1 unspecified atom stereocenters. The summed E-state index contributed by atoms with van der Waals surface area (Å²) >= 11 is 3.57. The number of nitrogens with two attached hydrogens (primary N) is 1. The first-order valence-corrected chi connectivity index (χ1v) is 7.16. The van der Waals surface area contributed by atoms with E-state index in [1.165, 1.54) is 0 Å². The molecule has 1 aliphatic rings. The van der Waals surface area contributed by atoms with Gasteiger partial charge in [0.2, 0.25) is 5.91 Å². The Labute approximate surface area is 122 Å². The van der Waals surface area contributed by atoms with E-state index < -0.39 is 0 Å². The summed E-state index contributed by atoms with van der Waals surface area (Å²) in [5.41, 5.74) is 6.71. The summed E-state index contributed by atoms with van der Waals surface area (Å²) in [5, 5.41) is 0. The van der Waals surface area contributed by atoms with Gasteiger partial charge in [0.25, 0.3) is 0 Å². The van der Waals surface area contributed by atoms with Crippen LogP contribution in [-0.4, -0.2) is 42.5 Å². The second-order valence-corrected chi connectivity index (χ2v) is 6.43. The van der Waals surface area contributed by atoms with Crippen molar-refractivity contribution in [2.75, 3.05) is 25.0 Å². The lowest BCUT2D eigenvalue weighted by molar-refractivity contribution is -0.134. The van der Waals surface area contributed by atoms with E-state index in [0.29, 0.717) is 13.1 Å². The second kappa shape index (κ2) is 5.13. The topological polar surface area (TPSA) is 49.6 Å². The zero-order chi connectivity index (χ0) is 14.2. The predicted molar refractivity (Wildman–Crippen MR) is 81.2 cm³/mol. The van der Waals surface area contributed by atoms with Crippen molar-refractivity contribution in [3.8, 4) is 0 Å². The zero-order valence-electron chi connectivity index (χ0n) is 11.6. The summed E-state index contributed by atoms with van der Waals surface area (Å²) in [6.07, 6.45) is 0. The number of hydrogen-bond acceptors (Lipinski definition) is 3. The summed E-state index contributed by atoms with van der Waals surface area (Å²) in [5.74, 6) is 0.0811. The Bertz CT molecular complexity index is 489. The molecule has 1 amide bonds. The molecule has 104 valence electrons. The number of halogens is 1. The molecule has 0 radical (unpaired) electrons. The van der Waals surface area contributed by atoms with Crippen molar-refractivity contribution < 1.29 is 4.79 Å². The van der Waals surface area contributed by atoms with Crippen LogP contribution in [0.2, 0.25) is 0 Å². The van der Waals surface area contributed by atoms with Gasteiger partial charge in [-0.25, -0.2) is 0 Å². The largest absolute Gasteiger partial charge is 0.351 e. The summed E-state index contributed by atoms with van der Waals surface area (Å²) in [6.45, 7) is 5.27. The van der Waals surface area contributed by atoms with Gasteiger partial charge >= 0.3 is 0 Å². The van der Waals surface area contributed by atoms with Gasteiger partial charge in [-0.05, 0) is 41.9 Å². The van der Waals surface area contributed by atoms with E-state index in [2.05, 4.69) is 34.7 Å². The standard InChI is InChI=1S/C14H20BrN3O/c1-14(2)9-17(3)13(19)12(8-16)18(14)11-7-5-4-6-10(11)15/h4-7,12H,8-9,16H2,1-3H3. The number of piperazine rings is 1. The average Bonchev–Trinajstić information content (AvgIpc) is 2.34. The lowest BCUT2D eigenvalue weighted by atomic mass is 9.93. The molecule has 1 fully saturated rings. The first-order valence-electron chi connectivity index (χ1n) is 6.37. The molecule has 0 bridgehead atoms. The molecular weight excluding hydrogens is 306 g/mol.